The van der Waals surface area contributed by atoms with Gasteiger partial charge in [0.05, 0.1) is 5.69 Å². The van der Waals surface area contributed by atoms with E-state index in [1.165, 1.54) is 5.56 Å². The maximum absolute atomic E-state index is 5.99. The lowest BCUT2D eigenvalue weighted by Gasteiger charge is -2.11. The van der Waals surface area contributed by atoms with E-state index in [1.807, 2.05) is 31.2 Å². The fraction of sp³-hybridized carbons (Fsp3) is 0.353. The van der Waals surface area contributed by atoms with E-state index < -0.39 is 0 Å². The predicted octanol–water partition coefficient (Wildman–Crippen LogP) is 3.85. The van der Waals surface area contributed by atoms with Crippen LogP contribution in [0.25, 0.3) is 0 Å². The lowest BCUT2D eigenvalue weighted by atomic mass is 10.2. The average Bonchev–Trinajstić information content (AvgIpc) is 2.47. The van der Waals surface area contributed by atoms with Gasteiger partial charge >= 0.3 is 0 Å². The van der Waals surface area contributed by atoms with Crippen molar-refractivity contribution in [2.24, 2.45) is 0 Å². The standard InChI is InChI=1S/C17H22N2O/c1-4-16-17(10-9-13(3)19-16)20-15-8-6-7-14(11-15)12-18-5-2/h6-11,18H,4-5,12H2,1-3H3. The van der Waals surface area contributed by atoms with Gasteiger partial charge in [0, 0.05) is 12.2 Å². The van der Waals surface area contributed by atoms with Crippen LogP contribution in [0.1, 0.15) is 30.8 Å². The minimum absolute atomic E-state index is 0.846. The fourth-order valence-corrected chi connectivity index (χ4v) is 2.06. The monoisotopic (exact) mass is 270 g/mol. The number of aromatic nitrogens is 1. The van der Waals surface area contributed by atoms with Gasteiger partial charge in [-0.05, 0) is 49.7 Å². The number of pyridine rings is 1. The molecule has 1 heterocycles. The van der Waals surface area contributed by atoms with Crippen molar-refractivity contribution < 1.29 is 4.74 Å². The Kier molecular flexibility index (Phi) is 5.13. The normalized spacial score (nSPS) is 10.6. The minimum atomic E-state index is 0.846. The highest BCUT2D eigenvalue weighted by atomic mass is 16.5. The molecule has 0 unspecified atom stereocenters. The summed E-state index contributed by atoms with van der Waals surface area (Å²) >= 11 is 0. The first-order chi connectivity index (χ1) is 9.72. The number of benzene rings is 1. The molecule has 0 radical (unpaired) electrons. The summed E-state index contributed by atoms with van der Waals surface area (Å²) in [4.78, 5) is 4.52. The van der Waals surface area contributed by atoms with Crippen LogP contribution in [0.4, 0.5) is 0 Å². The first-order valence-electron chi connectivity index (χ1n) is 7.17. The molecule has 0 aliphatic heterocycles. The van der Waals surface area contributed by atoms with E-state index >= 15 is 0 Å². The van der Waals surface area contributed by atoms with E-state index in [2.05, 4.69) is 36.3 Å². The smallest absolute Gasteiger partial charge is 0.148 e. The maximum Gasteiger partial charge on any atom is 0.148 e. The molecule has 3 nitrogen and oxygen atoms in total. The summed E-state index contributed by atoms with van der Waals surface area (Å²) in [6.07, 6.45) is 0.869. The molecule has 0 bridgehead atoms. The van der Waals surface area contributed by atoms with E-state index in [0.717, 1.165) is 42.4 Å². The molecule has 0 fully saturated rings. The van der Waals surface area contributed by atoms with E-state index in [-0.39, 0.29) is 0 Å². The largest absolute Gasteiger partial charge is 0.455 e. The Morgan fingerprint density at radius 1 is 1.15 bits per heavy atom. The molecule has 0 aliphatic rings. The molecule has 0 saturated carbocycles. The molecule has 1 aromatic heterocycles. The lowest BCUT2D eigenvalue weighted by Crippen LogP contribution is -2.11. The predicted molar refractivity (Wildman–Crippen MR) is 82.2 cm³/mol. The van der Waals surface area contributed by atoms with E-state index in [1.54, 1.807) is 0 Å². The van der Waals surface area contributed by atoms with Crippen molar-refractivity contribution in [3.8, 4) is 11.5 Å². The second kappa shape index (κ2) is 7.06. The molecular formula is C17H22N2O. The van der Waals surface area contributed by atoms with Crippen molar-refractivity contribution in [1.82, 2.24) is 10.3 Å². The molecule has 0 spiro atoms. The Bertz CT molecular complexity index is 567. The summed E-state index contributed by atoms with van der Waals surface area (Å²) in [7, 11) is 0. The number of nitrogens with zero attached hydrogens (tertiary/aromatic N) is 1. The Morgan fingerprint density at radius 2 is 2.00 bits per heavy atom. The average molecular weight is 270 g/mol. The third kappa shape index (κ3) is 3.81. The van der Waals surface area contributed by atoms with Crippen molar-refractivity contribution in [3.05, 3.63) is 53.3 Å². The van der Waals surface area contributed by atoms with Crippen molar-refractivity contribution in [3.63, 3.8) is 0 Å². The van der Waals surface area contributed by atoms with Crippen LogP contribution in [0.15, 0.2) is 36.4 Å². The molecule has 1 N–H and O–H groups in total. The van der Waals surface area contributed by atoms with Crippen LogP contribution in [0.2, 0.25) is 0 Å². The Labute approximate surface area is 121 Å². The van der Waals surface area contributed by atoms with E-state index in [0.29, 0.717) is 0 Å². The highest BCUT2D eigenvalue weighted by molar-refractivity contribution is 5.36. The number of nitrogens with one attached hydrogen (secondary N) is 1. The third-order valence-electron chi connectivity index (χ3n) is 3.11. The summed E-state index contributed by atoms with van der Waals surface area (Å²) in [6, 6.07) is 12.2. The van der Waals surface area contributed by atoms with Gasteiger partial charge in [-0.2, -0.15) is 0 Å². The molecule has 0 aliphatic carbocycles. The van der Waals surface area contributed by atoms with Gasteiger partial charge in [-0.25, -0.2) is 0 Å². The van der Waals surface area contributed by atoms with E-state index in [9.17, 15) is 0 Å². The van der Waals surface area contributed by atoms with Crippen LogP contribution in [0.3, 0.4) is 0 Å². The number of hydrogen-bond donors (Lipinski definition) is 1. The zero-order valence-electron chi connectivity index (χ0n) is 12.4. The maximum atomic E-state index is 5.99. The molecule has 2 rings (SSSR count). The van der Waals surface area contributed by atoms with Crippen molar-refractivity contribution in [1.29, 1.82) is 0 Å². The van der Waals surface area contributed by atoms with Gasteiger partial charge in [-0.3, -0.25) is 4.98 Å². The quantitative estimate of drug-likeness (QED) is 0.865. The van der Waals surface area contributed by atoms with Gasteiger partial charge in [-0.1, -0.05) is 26.0 Å². The second-order valence-corrected chi connectivity index (χ2v) is 4.78. The first-order valence-corrected chi connectivity index (χ1v) is 7.17. The van der Waals surface area contributed by atoms with Crippen molar-refractivity contribution in [2.45, 2.75) is 33.7 Å². The molecule has 1 aromatic carbocycles. The number of aryl methyl sites for hydroxylation is 2. The molecule has 20 heavy (non-hydrogen) atoms. The van der Waals surface area contributed by atoms with Crippen LogP contribution in [-0.4, -0.2) is 11.5 Å². The summed E-state index contributed by atoms with van der Waals surface area (Å²) in [6.45, 7) is 8.02. The zero-order valence-corrected chi connectivity index (χ0v) is 12.4. The number of ether oxygens (including phenoxy) is 1. The SMILES string of the molecule is CCNCc1cccc(Oc2ccc(C)nc2CC)c1. The van der Waals surface area contributed by atoms with Crippen molar-refractivity contribution >= 4 is 0 Å². The van der Waals surface area contributed by atoms with Gasteiger partial charge in [0.1, 0.15) is 11.5 Å². The topological polar surface area (TPSA) is 34.1 Å². The molecule has 0 saturated heterocycles. The van der Waals surface area contributed by atoms with Gasteiger partial charge < -0.3 is 10.1 Å². The molecular weight excluding hydrogens is 248 g/mol. The van der Waals surface area contributed by atoms with Crippen molar-refractivity contribution in [2.75, 3.05) is 6.54 Å². The van der Waals surface area contributed by atoms with Crippen LogP contribution in [0.5, 0.6) is 11.5 Å². The summed E-state index contributed by atoms with van der Waals surface area (Å²) in [5.41, 5.74) is 3.25. The van der Waals surface area contributed by atoms with Crippen LogP contribution < -0.4 is 10.1 Å². The van der Waals surface area contributed by atoms with Gasteiger partial charge in [0.15, 0.2) is 0 Å². The molecule has 106 valence electrons. The Morgan fingerprint density at radius 3 is 2.75 bits per heavy atom. The second-order valence-electron chi connectivity index (χ2n) is 4.78. The van der Waals surface area contributed by atoms with Crippen LogP contribution >= 0.6 is 0 Å². The summed E-state index contributed by atoms with van der Waals surface area (Å²) in [5.74, 6) is 1.71. The first kappa shape index (κ1) is 14.5. The van der Waals surface area contributed by atoms with Crippen LogP contribution in [-0.2, 0) is 13.0 Å². The van der Waals surface area contributed by atoms with Gasteiger partial charge in [0.2, 0.25) is 0 Å². The van der Waals surface area contributed by atoms with E-state index in [4.69, 9.17) is 4.74 Å². The Balaban J connectivity index is 2.17. The number of rotatable bonds is 6. The molecule has 2 aromatic rings. The fourth-order valence-electron chi connectivity index (χ4n) is 2.06. The zero-order chi connectivity index (χ0) is 14.4. The molecule has 3 heteroatoms. The van der Waals surface area contributed by atoms with Crippen LogP contribution in [0, 0.1) is 6.92 Å². The summed E-state index contributed by atoms with van der Waals surface area (Å²) < 4.78 is 5.99. The highest BCUT2D eigenvalue weighted by Gasteiger charge is 2.06. The summed E-state index contributed by atoms with van der Waals surface area (Å²) in [5, 5.41) is 3.32. The van der Waals surface area contributed by atoms with Gasteiger partial charge in [-0.15, -0.1) is 0 Å². The highest BCUT2D eigenvalue weighted by Crippen LogP contribution is 2.25. The number of hydrogen-bond acceptors (Lipinski definition) is 3. The third-order valence-corrected chi connectivity index (χ3v) is 3.11. The molecule has 0 atom stereocenters. The molecule has 0 amide bonds. The lowest BCUT2D eigenvalue weighted by molar-refractivity contribution is 0.472. The minimum Gasteiger partial charge on any atom is -0.455 e. The van der Waals surface area contributed by atoms with Gasteiger partial charge in [0.25, 0.3) is 0 Å². The Hall–Kier alpha value is -1.87.